The molecule has 1 fully saturated rings. The van der Waals surface area contributed by atoms with Crippen LogP contribution in [0.4, 0.5) is 4.39 Å². The van der Waals surface area contributed by atoms with Crippen molar-refractivity contribution in [3.8, 4) is 0 Å². The molecule has 1 aromatic rings. The van der Waals surface area contributed by atoms with Gasteiger partial charge in [0.2, 0.25) is 0 Å². The average Bonchev–Trinajstić information content (AvgIpc) is 2.40. The Balaban J connectivity index is 2.12. The third-order valence-corrected chi connectivity index (χ3v) is 3.41. The zero-order chi connectivity index (χ0) is 12.8. The summed E-state index contributed by atoms with van der Waals surface area (Å²) >= 11 is 0. The molecule has 0 bridgehead atoms. The van der Waals surface area contributed by atoms with E-state index in [9.17, 15) is 4.39 Å². The number of rotatable bonds is 5. The van der Waals surface area contributed by atoms with Crippen molar-refractivity contribution < 1.29 is 9.13 Å². The van der Waals surface area contributed by atoms with Crippen LogP contribution in [0.2, 0.25) is 0 Å². The van der Waals surface area contributed by atoms with Crippen LogP contribution < -0.4 is 5.32 Å². The summed E-state index contributed by atoms with van der Waals surface area (Å²) in [6.07, 6.45) is 4.63. The van der Waals surface area contributed by atoms with Crippen LogP contribution in [-0.2, 0) is 4.74 Å². The van der Waals surface area contributed by atoms with Crippen molar-refractivity contribution in [2.24, 2.45) is 0 Å². The summed E-state index contributed by atoms with van der Waals surface area (Å²) in [5.41, 5.74) is 0.996. The van der Waals surface area contributed by atoms with Gasteiger partial charge in [0.25, 0.3) is 0 Å². The Kier molecular flexibility index (Phi) is 5.14. The minimum absolute atomic E-state index is 0.112. The SMILES string of the molecule is CCCNC(c1cccc(F)c1)C1CCCCO1. The molecule has 0 amide bonds. The van der Waals surface area contributed by atoms with Gasteiger partial charge in [-0.2, -0.15) is 0 Å². The minimum Gasteiger partial charge on any atom is -0.376 e. The zero-order valence-corrected chi connectivity index (χ0v) is 11.0. The van der Waals surface area contributed by atoms with Gasteiger partial charge in [0, 0.05) is 6.61 Å². The van der Waals surface area contributed by atoms with Crippen LogP contribution in [0.5, 0.6) is 0 Å². The molecule has 2 atom stereocenters. The Labute approximate surface area is 109 Å². The molecule has 1 aliphatic heterocycles. The van der Waals surface area contributed by atoms with Gasteiger partial charge < -0.3 is 10.1 Å². The van der Waals surface area contributed by atoms with E-state index >= 15 is 0 Å². The smallest absolute Gasteiger partial charge is 0.123 e. The highest BCUT2D eigenvalue weighted by Gasteiger charge is 2.25. The zero-order valence-electron chi connectivity index (χ0n) is 11.0. The Morgan fingerprint density at radius 2 is 2.33 bits per heavy atom. The van der Waals surface area contributed by atoms with Gasteiger partial charge in [-0.3, -0.25) is 0 Å². The fourth-order valence-corrected chi connectivity index (χ4v) is 2.49. The molecule has 2 unspecified atom stereocenters. The second-order valence-electron chi connectivity index (χ2n) is 4.89. The molecule has 2 nitrogen and oxygen atoms in total. The lowest BCUT2D eigenvalue weighted by atomic mass is 9.95. The highest BCUT2D eigenvalue weighted by atomic mass is 19.1. The van der Waals surface area contributed by atoms with E-state index in [2.05, 4.69) is 12.2 Å². The summed E-state index contributed by atoms with van der Waals surface area (Å²) in [4.78, 5) is 0. The van der Waals surface area contributed by atoms with Crippen LogP contribution in [0.25, 0.3) is 0 Å². The van der Waals surface area contributed by atoms with Crippen LogP contribution >= 0.6 is 0 Å². The maximum absolute atomic E-state index is 13.3. The van der Waals surface area contributed by atoms with Crippen molar-refractivity contribution >= 4 is 0 Å². The quantitative estimate of drug-likeness (QED) is 0.865. The van der Waals surface area contributed by atoms with E-state index in [1.807, 2.05) is 6.07 Å². The first kappa shape index (κ1) is 13.5. The van der Waals surface area contributed by atoms with Crippen molar-refractivity contribution in [1.82, 2.24) is 5.32 Å². The molecule has 0 spiro atoms. The first-order valence-electron chi connectivity index (χ1n) is 6.91. The van der Waals surface area contributed by atoms with E-state index in [0.717, 1.165) is 38.0 Å². The third kappa shape index (κ3) is 3.53. The van der Waals surface area contributed by atoms with Crippen LogP contribution in [0, 0.1) is 5.82 Å². The second-order valence-corrected chi connectivity index (χ2v) is 4.89. The molecule has 1 heterocycles. The summed E-state index contributed by atoms with van der Waals surface area (Å²) < 4.78 is 19.2. The van der Waals surface area contributed by atoms with E-state index in [-0.39, 0.29) is 18.0 Å². The highest BCUT2D eigenvalue weighted by Crippen LogP contribution is 2.26. The topological polar surface area (TPSA) is 21.3 Å². The van der Waals surface area contributed by atoms with Gasteiger partial charge >= 0.3 is 0 Å². The number of ether oxygens (including phenoxy) is 1. The van der Waals surface area contributed by atoms with Gasteiger partial charge in [-0.15, -0.1) is 0 Å². The van der Waals surface area contributed by atoms with Gasteiger partial charge in [0.05, 0.1) is 12.1 Å². The van der Waals surface area contributed by atoms with Crippen molar-refractivity contribution in [3.05, 3.63) is 35.6 Å². The predicted octanol–water partition coefficient (Wildman–Crippen LogP) is 3.44. The lowest BCUT2D eigenvalue weighted by Gasteiger charge is -2.31. The molecular formula is C15H22FNO. The van der Waals surface area contributed by atoms with Crippen LogP contribution in [0.1, 0.15) is 44.2 Å². The Hall–Kier alpha value is -0.930. The van der Waals surface area contributed by atoms with E-state index in [1.165, 1.54) is 12.5 Å². The molecule has 1 saturated heterocycles. The van der Waals surface area contributed by atoms with E-state index in [4.69, 9.17) is 4.74 Å². The minimum atomic E-state index is -0.174. The largest absolute Gasteiger partial charge is 0.376 e. The lowest BCUT2D eigenvalue weighted by molar-refractivity contribution is -0.00820. The molecule has 0 saturated carbocycles. The van der Waals surface area contributed by atoms with Crippen molar-refractivity contribution in [2.45, 2.75) is 44.8 Å². The van der Waals surface area contributed by atoms with E-state index in [1.54, 1.807) is 12.1 Å². The summed E-state index contributed by atoms with van der Waals surface area (Å²) in [5.74, 6) is -0.174. The van der Waals surface area contributed by atoms with Crippen molar-refractivity contribution in [3.63, 3.8) is 0 Å². The number of benzene rings is 1. The van der Waals surface area contributed by atoms with Crippen LogP contribution in [0.3, 0.4) is 0 Å². The fourth-order valence-electron chi connectivity index (χ4n) is 2.49. The number of hydrogen-bond donors (Lipinski definition) is 1. The summed E-state index contributed by atoms with van der Waals surface area (Å²) in [6.45, 7) is 3.89. The molecule has 1 aromatic carbocycles. The van der Waals surface area contributed by atoms with Crippen molar-refractivity contribution in [2.75, 3.05) is 13.2 Å². The standard InChI is InChI=1S/C15H22FNO/c1-2-9-17-15(14-8-3-4-10-18-14)12-6-5-7-13(16)11-12/h5-7,11,14-15,17H,2-4,8-10H2,1H3. The Morgan fingerprint density at radius 1 is 1.44 bits per heavy atom. The first-order chi connectivity index (χ1) is 8.81. The molecule has 1 N–H and O–H groups in total. The van der Waals surface area contributed by atoms with Gasteiger partial charge in [-0.25, -0.2) is 4.39 Å². The normalized spacial score (nSPS) is 21.8. The van der Waals surface area contributed by atoms with Gasteiger partial charge in [-0.1, -0.05) is 19.1 Å². The summed E-state index contributed by atoms with van der Waals surface area (Å²) in [6, 6.07) is 6.97. The molecule has 18 heavy (non-hydrogen) atoms. The van der Waals surface area contributed by atoms with E-state index < -0.39 is 0 Å². The maximum Gasteiger partial charge on any atom is 0.123 e. The van der Waals surface area contributed by atoms with Gasteiger partial charge in [0.1, 0.15) is 5.82 Å². The van der Waals surface area contributed by atoms with Crippen LogP contribution in [-0.4, -0.2) is 19.3 Å². The summed E-state index contributed by atoms with van der Waals surface area (Å²) in [7, 11) is 0. The monoisotopic (exact) mass is 251 g/mol. The number of halogens is 1. The molecule has 2 rings (SSSR count). The molecular weight excluding hydrogens is 229 g/mol. The number of nitrogens with one attached hydrogen (secondary N) is 1. The highest BCUT2D eigenvalue weighted by molar-refractivity contribution is 5.21. The molecule has 1 aliphatic rings. The molecule has 0 aliphatic carbocycles. The molecule has 0 radical (unpaired) electrons. The predicted molar refractivity (Wildman–Crippen MR) is 71.0 cm³/mol. The second kappa shape index (κ2) is 6.86. The molecule has 0 aromatic heterocycles. The number of hydrogen-bond acceptors (Lipinski definition) is 2. The lowest BCUT2D eigenvalue weighted by Crippen LogP contribution is -2.36. The molecule has 100 valence electrons. The Morgan fingerprint density at radius 3 is 3.00 bits per heavy atom. The maximum atomic E-state index is 13.3. The first-order valence-corrected chi connectivity index (χ1v) is 6.91. The van der Waals surface area contributed by atoms with Crippen LogP contribution in [0.15, 0.2) is 24.3 Å². The fraction of sp³-hybridized carbons (Fsp3) is 0.600. The van der Waals surface area contributed by atoms with Crippen molar-refractivity contribution in [1.29, 1.82) is 0 Å². The van der Waals surface area contributed by atoms with E-state index in [0.29, 0.717) is 0 Å². The third-order valence-electron chi connectivity index (χ3n) is 3.41. The van der Waals surface area contributed by atoms with Gasteiger partial charge in [-0.05, 0) is 49.9 Å². The average molecular weight is 251 g/mol. The molecule has 3 heteroatoms. The Bertz CT molecular complexity index is 363. The summed E-state index contributed by atoms with van der Waals surface area (Å²) in [5, 5.41) is 3.49. The van der Waals surface area contributed by atoms with Gasteiger partial charge in [0.15, 0.2) is 0 Å².